The average molecular weight is 325 g/mol. The Morgan fingerprint density at radius 3 is 1.95 bits per heavy atom. The molecule has 120 valence electrons. The fraction of sp³-hybridized carbons (Fsp3) is 0.333. The van der Waals surface area contributed by atoms with E-state index in [1.54, 1.807) is 0 Å². The fourth-order valence-electron chi connectivity index (χ4n) is 1.65. The second kappa shape index (κ2) is 5.50. The maximum atomic E-state index is 12.7. The number of halogens is 6. The van der Waals surface area contributed by atoms with E-state index in [0.29, 0.717) is 18.0 Å². The molecule has 0 aliphatic rings. The van der Waals surface area contributed by atoms with Gasteiger partial charge in [-0.1, -0.05) is 5.16 Å². The molecule has 0 bridgehead atoms. The molecule has 1 aromatic carbocycles. The normalized spacial score (nSPS) is 12.5. The topological polar surface area (TPSA) is 51.0 Å². The molecule has 1 N–H and O–H groups in total. The van der Waals surface area contributed by atoms with Gasteiger partial charge in [0.05, 0.1) is 17.7 Å². The largest absolute Gasteiger partial charge is 0.416 e. The van der Waals surface area contributed by atoms with Crippen molar-refractivity contribution < 1.29 is 30.9 Å². The van der Waals surface area contributed by atoms with Crippen LogP contribution in [0.3, 0.4) is 0 Å². The summed E-state index contributed by atoms with van der Waals surface area (Å²) in [4.78, 5) is 3.78. The summed E-state index contributed by atoms with van der Waals surface area (Å²) in [5.74, 6) is 0.347. The molecule has 0 spiro atoms. The molecule has 0 saturated heterocycles. The van der Waals surface area contributed by atoms with Crippen molar-refractivity contribution in [3.05, 3.63) is 41.0 Å². The number of hydrogen-bond donors (Lipinski definition) is 1. The highest BCUT2D eigenvalue weighted by Crippen LogP contribution is 2.37. The van der Waals surface area contributed by atoms with Crippen LogP contribution >= 0.6 is 0 Å². The molecule has 0 fully saturated rings. The maximum Gasteiger partial charge on any atom is 0.416 e. The molecule has 4 nitrogen and oxygen atoms in total. The molecule has 0 amide bonds. The van der Waals surface area contributed by atoms with E-state index in [4.69, 9.17) is 4.52 Å². The maximum absolute atomic E-state index is 12.7. The molecule has 22 heavy (non-hydrogen) atoms. The van der Waals surface area contributed by atoms with Gasteiger partial charge in [-0.05, 0) is 25.1 Å². The molecule has 0 atom stereocenters. The minimum absolute atomic E-state index is 0.0449. The van der Waals surface area contributed by atoms with Crippen molar-refractivity contribution in [2.24, 2.45) is 0 Å². The fourth-order valence-corrected chi connectivity index (χ4v) is 1.65. The lowest BCUT2D eigenvalue weighted by Crippen LogP contribution is -2.12. The van der Waals surface area contributed by atoms with Gasteiger partial charge in [0.1, 0.15) is 0 Å². The zero-order chi connectivity index (χ0) is 16.5. The Morgan fingerprint density at radius 2 is 1.55 bits per heavy atom. The van der Waals surface area contributed by atoms with Crippen molar-refractivity contribution in [1.29, 1.82) is 0 Å². The Bertz CT molecular complexity index is 629. The van der Waals surface area contributed by atoms with Gasteiger partial charge in [0.2, 0.25) is 5.89 Å². The SMILES string of the molecule is Cc1noc(CNc2cc(C(F)(F)F)cc(C(F)(F)F)c2)n1. The van der Waals surface area contributed by atoms with Gasteiger partial charge in [0, 0.05) is 5.69 Å². The molecule has 0 unspecified atom stereocenters. The van der Waals surface area contributed by atoms with Crippen LogP contribution < -0.4 is 5.32 Å². The van der Waals surface area contributed by atoms with Crippen molar-refractivity contribution in [2.45, 2.75) is 25.8 Å². The lowest BCUT2D eigenvalue weighted by atomic mass is 10.1. The molecular weight excluding hydrogens is 316 g/mol. The molecule has 10 heteroatoms. The predicted molar refractivity (Wildman–Crippen MR) is 62.8 cm³/mol. The number of aromatic nitrogens is 2. The number of aryl methyl sites for hydroxylation is 1. The first kappa shape index (κ1) is 16.1. The number of nitrogens with zero attached hydrogens (tertiary/aromatic N) is 2. The van der Waals surface area contributed by atoms with Crippen molar-refractivity contribution in [3.8, 4) is 0 Å². The van der Waals surface area contributed by atoms with Crippen LogP contribution in [0.25, 0.3) is 0 Å². The third kappa shape index (κ3) is 3.89. The van der Waals surface area contributed by atoms with E-state index in [1.165, 1.54) is 6.92 Å². The number of nitrogens with one attached hydrogen (secondary N) is 1. The highest BCUT2D eigenvalue weighted by atomic mass is 19.4. The van der Waals surface area contributed by atoms with E-state index < -0.39 is 23.5 Å². The molecule has 1 aromatic heterocycles. The van der Waals surface area contributed by atoms with Crippen molar-refractivity contribution in [3.63, 3.8) is 0 Å². The van der Waals surface area contributed by atoms with Crippen molar-refractivity contribution >= 4 is 5.69 Å². The van der Waals surface area contributed by atoms with Crippen LogP contribution in [0.1, 0.15) is 22.8 Å². The summed E-state index contributed by atoms with van der Waals surface area (Å²) in [6.45, 7) is 1.33. The van der Waals surface area contributed by atoms with Gasteiger partial charge in [-0.2, -0.15) is 31.3 Å². The van der Waals surface area contributed by atoms with Crippen LogP contribution in [0.5, 0.6) is 0 Å². The first-order valence-electron chi connectivity index (χ1n) is 5.88. The number of alkyl halides is 6. The number of hydrogen-bond acceptors (Lipinski definition) is 4. The standard InChI is InChI=1S/C12H9F6N3O/c1-6-20-10(22-21-6)5-19-9-3-7(11(13,14)15)2-8(4-9)12(16,17)18/h2-4,19H,5H2,1H3. The lowest BCUT2D eigenvalue weighted by molar-refractivity contribution is -0.143. The van der Waals surface area contributed by atoms with Gasteiger partial charge < -0.3 is 9.84 Å². The number of anilines is 1. The summed E-state index contributed by atoms with van der Waals surface area (Å²) in [6, 6.07) is 1.22. The Balaban J connectivity index is 2.29. The van der Waals surface area contributed by atoms with Crippen LogP contribution in [0, 0.1) is 6.92 Å². The van der Waals surface area contributed by atoms with Gasteiger partial charge >= 0.3 is 12.4 Å². The first-order valence-corrected chi connectivity index (χ1v) is 5.88. The Morgan fingerprint density at radius 1 is 1.00 bits per heavy atom. The third-order valence-electron chi connectivity index (χ3n) is 2.60. The summed E-state index contributed by atoms with van der Waals surface area (Å²) in [7, 11) is 0. The van der Waals surface area contributed by atoms with E-state index >= 15 is 0 Å². The summed E-state index contributed by atoms with van der Waals surface area (Å²) in [5.41, 5.74) is -3.14. The molecule has 2 aromatic rings. The monoisotopic (exact) mass is 325 g/mol. The van der Waals surface area contributed by atoms with E-state index in [1.807, 2.05) is 0 Å². The van der Waals surface area contributed by atoms with Gasteiger partial charge in [-0.25, -0.2) is 0 Å². The number of benzene rings is 1. The quantitative estimate of drug-likeness (QED) is 0.866. The van der Waals surface area contributed by atoms with Gasteiger partial charge in [0.15, 0.2) is 5.82 Å². The summed E-state index contributed by atoms with van der Waals surface area (Å²) < 4.78 is 80.7. The molecule has 0 aliphatic heterocycles. The molecule has 0 saturated carbocycles. The van der Waals surface area contributed by atoms with E-state index in [9.17, 15) is 26.3 Å². The van der Waals surface area contributed by atoms with Gasteiger partial charge in [0.25, 0.3) is 0 Å². The first-order chi connectivity index (χ1) is 10.1. The summed E-state index contributed by atoms with van der Waals surface area (Å²) in [5, 5.41) is 5.86. The second-order valence-corrected chi connectivity index (χ2v) is 4.38. The summed E-state index contributed by atoms with van der Waals surface area (Å²) in [6.07, 6.45) is -9.78. The minimum atomic E-state index is -4.89. The molecule has 1 heterocycles. The van der Waals surface area contributed by atoms with E-state index in [-0.39, 0.29) is 24.2 Å². The molecule has 0 aliphatic carbocycles. The zero-order valence-electron chi connectivity index (χ0n) is 11.0. The van der Waals surface area contributed by atoms with Crippen LogP contribution in [0.2, 0.25) is 0 Å². The third-order valence-corrected chi connectivity index (χ3v) is 2.60. The second-order valence-electron chi connectivity index (χ2n) is 4.38. The Hall–Kier alpha value is -2.26. The Labute approximate surface area is 120 Å². The Kier molecular flexibility index (Phi) is 4.03. The highest BCUT2D eigenvalue weighted by molar-refractivity contribution is 5.50. The zero-order valence-corrected chi connectivity index (χ0v) is 11.0. The average Bonchev–Trinajstić information content (AvgIpc) is 2.80. The highest BCUT2D eigenvalue weighted by Gasteiger charge is 2.36. The van der Waals surface area contributed by atoms with Crippen LogP contribution in [0.15, 0.2) is 22.7 Å². The smallest absolute Gasteiger partial charge is 0.376 e. The van der Waals surface area contributed by atoms with Crippen LogP contribution in [-0.2, 0) is 18.9 Å². The number of rotatable bonds is 3. The van der Waals surface area contributed by atoms with E-state index in [2.05, 4.69) is 15.5 Å². The summed E-state index contributed by atoms with van der Waals surface area (Å²) >= 11 is 0. The predicted octanol–water partition coefficient (Wildman–Crippen LogP) is 4.03. The van der Waals surface area contributed by atoms with Crippen LogP contribution in [-0.4, -0.2) is 10.1 Å². The van der Waals surface area contributed by atoms with E-state index in [0.717, 1.165) is 0 Å². The minimum Gasteiger partial charge on any atom is -0.376 e. The van der Waals surface area contributed by atoms with Crippen molar-refractivity contribution in [2.75, 3.05) is 5.32 Å². The van der Waals surface area contributed by atoms with Gasteiger partial charge in [-0.15, -0.1) is 0 Å². The molecule has 2 rings (SSSR count). The molecule has 0 radical (unpaired) electrons. The van der Waals surface area contributed by atoms with Crippen LogP contribution in [0.4, 0.5) is 32.0 Å². The van der Waals surface area contributed by atoms with Crippen molar-refractivity contribution in [1.82, 2.24) is 10.1 Å². The van der Waals surface area contributed by atoms with Gasteiger partial charge in [-0.3, -0.25) is 0 Å². The molecular formula is C12H9F6N3O. The lowest BCUT2D eigenvalue weighted by Gasteiger charge is -2.14.